The van der Waals surface area contributed by atoms with E-state index in [0.29, 0.717) is 14.5 Å². The molecule has 1 aromatic rings. The van der Waals surface area contributed by atoms with E-state index in [0.717, 1.165) is 13.0 Å². The summed E-state index contributed by atoms with van der Waals surface area (Å²) in [5.41, 5.74) is 1.52. The Morgan fingerprint density at radius 1 is 1.56 bits per heavy atom. The molecule has 0 saturated carbocycles. The van der Waals surface area contributed by atoms with E-state index in [1.807, 2.05) is 0 Å². The van der Waals surface area contributed by atoms with E-state index < -0.39 is 0 Å². The maximum atomic E-state index is 5.20. The Morgan fingerprint density at radius 2 is 2.56 bits per heavy atom. The van der Waals surface area contributed by atoms with E-state index in [1.54, 1.807) is 12.0 Å². The number of hydrogen-bond acceptors (Lipinski definition) is 2. The van der Waals surface area contributed by atoms with Gasteiger partial charge in [-0.2, -0.15) is 0 Å². The molecule has 2 heterocycles. The van der Waals surface area contributed by atoms with Gasteiger partial charge in [0, 0.05) is 0 Å². The van der Waals surface area contributed by atoms with Gasteiger partial charge in [0.15, 0.2) is 0 Å². The zero-order valence-corrected chi connectivity index (χ0v) is 7.32. The van der Waals surface area contributed by atoms with Crippen molar-refractivity contribution in [1.82, 2.24) is 0 Å². The molecule has 0 fully saturated rings. The van der Waals surface area contributed by atoms with Gasteiger partial charge in [0.2, 0.25) is 0 Å². The first-order valence-corrected chi connectivity index (χ1v) is 5.53. The van der Waals surface area contributed by atoms with Crippen molar-refractivity contribution in [1.29, 1.82) is 0 Å². The van der Waals surface area contributed by atoms with Gasteiger partial charge in [0.25, 0.3) is 0 Å². The molecule has 0 saturated heterocycles. The maximum absolute atomic E-state index is 5.20. The summed E-state index contributed by atoms with van der Waals surface area (Å²) in [6.45, 7) is 0.893. The summed E-state index contributed by atoms with van der Waals surface area (Å²) >= 11 is 2.17. The summed E-state index contributed by atoms with van der Waals surface area (Å²) in [6.07, 6.45) is 1.13. The summed E-state index contributed by atoms with van der Waals surface area (Å²) in [6, 6.07) is 0. The third kappa shape index (κ3) is 1.10. The van der Waals surface area contributed by atoms with Crippen molar-refractivity contribution in [2.45, 2.75) is 11.3 Å². The van der Waals surface area contributed by atoms with Gasteiger partial charge in [-0.25, -0.2) is 0 Å². The molecule has 2 rings (SSSR count). The van der Waals surface area contributed by atoms with Crippen LogP contribution in [0, 0.1) is 0 Å². The van der Waals surface area contributed by atoms with Crippen molar-refractivity contribution in [2.24, 2.45) is 0 Å². The molecule has 0 bridgehead atoms. The zero-order chi connectivity index (χ0) is 6.10. The molecule has 0 N–H and O–H groups in total. The Morgan fingerprint density at radius 3 is 3.44 bits per heavy atom. The molecule has 9 heavy (non-hydrogen) atoms. The minimum atomic E-state index is 0.630. The standard InChI is InChI=1S/C6H6OSSe/c1-2-7-8-6-4-9-3-5(1)6/h3-4H,1-2H2. The average Bonchev–Trinajstić information content (AvgIpc) is 2.33. The Bertz CT molecular complexity index is 188. The van der Waals surface area contributed by atoms with Gasteiger partial charge in [0.05, 0.1) is 0 Å². The Hall–Kier alpha value is 0.309. The van der Waals surface area contributed by atoms with Crippen LogP contribution in [0.1, 0.15) is 5.56 Å². The number of fused-ring (bicyclic) bond motifs is 1. The fourth-order valence-corrected chi connectivity index (χ4v) is 3.71. The summed E-state index contributed by atoms with van der Waals surface area (Å²) in [4.78, 5) is 6.01. The number of hydrogen-bond donors (Lipinski definition) is 0. The van der Waals surface area contributed by atoms with Crippen molar-refractivity contribution in [2.75, 3.05) is 6.61 Å². The van der Waals surface area contributed by atoms with Gasteiger partial charge in [-0.15, -0.1) is 0 Å². The van der Waals surface area contributed by atoms with Gasteiger partial charge in [-0.05, 0) is 0 Å². The third-order valence-corrected chi connectivity index (χ3v) is 4.15. The quantitative estimate of drug-likeness (QED) is 0.466. The summed E-state index contributed by atoms with van der Waals surface area (Å²) in [5, 5.41) is 0. The van der Waals surface area contributed by atoms with Crippen LogP contribution in [0.25, 0.3) is 0 Å². The molecule has 3 heteroatoms. The van der Waals surface area contributed by atoms with Crippen molar-refractivity contribution in [3.05, 3.63) is 15.4 Å². The molecule has 0 amide bonds. The predicted molar refractivity (Wildman–Crippen MR) is 38.9 cm³/mol. The molecule has 0 radical (unpaired) electrons. The van der Waals surface area contributed by atoms with Crippen LogP contribution < -0.4 is 0 Å². The second-order valence-electron chi connectivity index (χ2n) is 1.92. The molecule has 1 aromatic heterocycles. The van der Waals surface area contributed by atoms with Gasteiger partial charge in [-0.1, -0.05) is 0 Å². The fourth-order valence-electron chi connectivity index (χ4n) is 0.824. The van der Waals surface area contributed by atoms with Crippen LogP contribution in [0.2, 0.25) is 0 Å². The predicted octanol–water partition coefficient (Wildman–Crippen LogP) is 1.32. The molecule has 0 aromatic carbocycles. The first-order valence-electron chi connectivity index (χ1n) is 2.81. The third-order valence-electron chi connectivity index (χ3n) is 1.31. The molecule has 48 valence electrons. The van der Waals surface area contributed by atoms with Crippen LogP contribution in [-0.4, -0.2) is 21.1 Å². The minimum absolute atomic E-state index is 0.630. The van der Waals surface area contributed by atoms with Crippen LogP contribution in [0.15, 0.2) is 14.8 Å². The summed E-state index contributed by atoms with van der Waals surface area (Å²) in [5.74, 6) is 0. The molecular formula is C6H6OSSe. The van der Waals surface area contributed by atoms with Gasteiger partial charge in [0.1, 0.15) is 0 Å². The van der Waals surface area contributed by atoms with Crippen LogP contribution in [-0.2, 0) is 10.6 Å². The Kier molecular flexibility index (Phi) is 1.68. The van der Waals surface area contributed by atoms with Crippen LogP contribution in [0.3, 0.4) is 0 Å². The number of rotatable bonds is 0. The molecule has 0 spiro atoms. The summed E-state index contributed by atoms with van der Waals surface area (Å²) < 4.78 is 5.20. The van der Waals surface area contributed by atoms with E-state index in [9.17, 15) is 0 Å². The topological polar surface area (TPSA) is 9.23 Å². The molecule has 1 nitrogen and oxygen atoms in total. The van der Waals surface area contributed by atoms with Gasteiger partial charge >= 0.3 is 64.1 Å². The van der Waals surface area contributed by atoms with Crippen molar-refractivity contribution in [3.8, 4) is 0 Å². The van der Waals surface area contributed by atoms with E-state index in [4.69, 9.17) is 4.18 Å². The van der Waals surface area contributed by atoms with Crippen molar-refractivity contribution >= 4 is 26.5 Å². The molecule has 1 aliphatic rings. The van der Waals surface area contributed by atoms with Crippen molar-refractivity contribution in [3.63, 3.8) is 0 Å². The first-order chi connectivity index (χ1) is 4.47. The molecule has 1 aliphatic heterocycles. The van der Waals surface area contributed by atoms with E-state index in [1.165, 1.54) is 10.5 Å². The van der Waals surface area contributed by atoms with Crippen LogP contribution >= 0.6 is 12.0 Å². The second kappa shape index (κ2) is 2.51. The van der Waals surface area contributed by atoms with Gasteiger partial charge in [-0.3, -0.25) is 0 Å². The van der Waals surface area contributed by atoms with E-state index >= 15 is 0 Å². The van der Waals surface area contributed by atoms with Crippen LogP contribution in [0.5, 0.6) is 0 Å². The van der Waals surface area contributed by atoms with Gasteiger partial charge < -0.3 is 0 Å². The normalized spacial score (nSPS) is 17.3. The molecular weight excluding hydrogens is 199 g/mol. The fraction of sp³-hybridized carbons (Fsp3) is 0.333. The molecule has 0 unspecified atom stereocenters. The SMILES string of the molecule is c1[se]cc2c1CCOS2. The molecule has 0 atom stereocenters. The first kappa shape index (κ1) is 6.05. The second-order valence-corrected chi connectivity index (χ2v) is 4.32. The van der Waals surface area contributed by atoms with E-state index in [-0.39, 0.29) is 0 Å². The van der Waals surface area contributed by atoms with E-state index in [2.05, 4.69) is 9.88 Å². The molecule has 0 aliphatic carbocycles. The Balaban J connectivity index is 2.39. The average molecular weight is 205 g/mol. The monoisotopic (exact) mass is 206 g/mol. The Labute approximate surface area is 64.4 Å². The van der Waals surface area contributed by atoms with Crippen molar-refractivity contribution < 1.29 is 4.18 Å². The zero-order valence-electron chi connectivity index (χ0n) is 4.79. The van der Waals surface area contributed by atoms with Crippen LogP contribution in [0.4, 0.5) is 0 Å². The summed E-state index contributed by atoms with van der Waals surface area (Å²) in [7, 11) is 0.